The fourth-order valence-corrected chi connectivity index (χ4v) is 7.07. The molecule has 0 heterocycles. The number of carboxylic acid groups (broad SMARTS) is 2. The van der Waals surface area contributed by atoms with Gasteiger partial charge in [-0.05, 0) is 49.3 Å². The lowest BCUT2D eigenvalue weighted by Crippen LogP contribution is -2.62. The molecule has 22 N–H and O–H groups in total. The molecule has 0 aliphatic carbocycles. The zero-order valence-electron chi connectivity index (χ0n) is 44.1. The molecule has 1 aromatic carbocycles. The van der Waals surface area contributed by atoms with Gasteiger partial charge in [-0.3, -0.25) is 62.3 Å². The van der Waals surface area contributed by atoms with Crippen molar-refractivity contribution in [3.63, 3.8) is 0 Å². The number of aliphatic hydroxyl groups excluding tert-OH is 2. The highest BCUT2D eigenvalue weighted by Gasteiger charge is 2.37. The van der Waals surface area contributed by atoms with Crippen LogP contribution in [0, 0.1) is 11.8 Å². The van der Waals surface area contributed by atoms with E-state index in [-0.39, 0.29) is 30.9 Å². The quantitative estimate of drug-likeness (QED) is 0.0297. The van der Waals surface area contributed by atoms with Crippen LogP contribution in [0.1, 0.15) is 85.1 Å². The van der Waals surface area contributed by atoms with Crippen molar-refractivity contribution < 1.29 is 92.7 Å². The normalized spacial score (nSPS) is 15.2. The van der Waals surface area contributed by atoms with Crippen LogP contribution < -0.4 is 70.8 Å². The second-order valence-corrected chi connectivity index (χ2v) is 18.8. The third kappa shape index (κ3) is 25.0. The third-order valence-electron chi connectivity index (χ3n) is 11.6. The van der Waals surface area contributed by atoms with Crippen molar-refractivity contribution >= 4 is 82.8 Å². The number of carbonyl (C=O) groups excluding carboxylic acids is 12. The number of rotatable bonds is 36. The maximum absolute atomic E-state index is 14.0. The average Bonchev–Trinajstić information content (AvgIpc) is 3.35. The Kier molecular flexibility index (Phi) is 29.1. The van der Waals surface area contributed by atoms with E-state index in [1.165, 1.54) is 38.1 Å². The lowest BCUT2D eigenvalue weighted by molar-refractivity contribution is -0.144. The average molecular weight is 1120 g/mol. The van der Waals surface area contributed by atoms with Crippen LogP contribution in [0.3, 0.4) is 0 Å². The lowest BCUT2D eigenvalue weighted by Gasteiger charge is -2.29. The Hall–Kier alpha value is -8.52. The van der Waals surface area contributed by atoms with Gasteiger partial charge in [0.2, 0.25) is 70.9 Å². The Balaban J connectivity index is 3.53. The van der Waals surface area contributed by atoms with Crippen LogP contribution in [0.5, 0.6) is 5.75 Å². The molecule has 0 radical (unpaired) electrons. The van der Waals surface area contributed by atoms with E-state index in [0.717, 1.165) is 0 Å². The molecule has 0 aromatic heterocycles. The number of amides is 12. The summed E-state index contributed by atoms with van der Waals surface area (Å²) in [7, 11) is 0. The predicted octanol–water partition coefficient (Wildman–Crippen LogP) is -7.70. The summed E-state index contributed by atoms with van der Waals surface area (Å²) in [4.78, 5) is 181. The monoisotopic (exact) mass is 1120 g/mol. The molecule has 0 unspecified atom stereocenters. The molecule has 0 fully saturated rings. The Bertz CT molecular complexity index is 2370. The maximum atomic E-state index is 14.0. The predicted molar refractivity (Wildman–Crippen MR) is 272 cm³/mol. The molecular formula is C47H73N13O19. The van der Waals surface area contributed by atoms with Crippen LogP contribution in [0.4, 0.5) is 0 Å². The van der Waals surface area contributed by atoms with Crippen LogP contribution in [0.15, 0.2) is 24.3 Å². The molecule has 0 spiro atoms. The Morgan fingerprint density at radius 1 is 0.481 bits per heavy atom. The van der Waals surface area contributed by atoms with E-state index in [0.29, 0.717) is 5.56 Å². The smallest absolute Gasteiger partial charge is 0.326 e. The molecule has 1 rings (SSSR count). The minimum Gasteiger partial charge on any atom is -0.508 e. The van der Waals surface area contributed by atoms with Gasteiger partial charge < -0.3 is 96.3 Å². The highest BCUT2D eigenvalue weighted by atomic mass is 16.4. The summed E-state index contributed by atoms with van der Waals surface area (Å²) in [6.45, 7) is 5.39. The number of phenols is 1. The number of primary amides is 3. The minimum absolute atomic E-state index is 0.107. The van der Waals surface area contributed by atoms with Gasteiger partial charge in [-0.2, -0.15) is 0 Å². The molecule has 0 saturated carbocycles. The number of nitrogens with one attached hydrogen (secondary N) is 9. The van der Waals surface area contributed by atoms with Gasteiger partial charge in [-0.25, -0.2) is 4.79 Å². The molecule has 0 aliphatic heterocycles. The standard InChI is InChI=1S/C47H73N13O19/c1-6-21(4)37(60-43(74)29(17-36(67)68)56-39(70)25(11-12-33(49)64)52-44(75)31(18-61)58-38(69)22(5)48)46(77)59-32(19-62)45(76)55-28(15-34(50)65)42(73)54-27(14-23-7-9-24(63)10-8-23)41(72)53-26(13-20(2)3)40(71)57-30(47(78)79)16-35(51)66/h7-10,20-22,25-32,37,61-63H,6,11-19,48H2,1-5H3,(H2,49,64)(H2,50,65)(H2,51,66)(H,52,75)(H,53,72)(H,54,73)(H,55,76)(H,56,70)(H,57,71)(H,58,69)(H,59,77)(H,60,74)(H,67,68)(H,78,79)/t21-,22-,25-,26-,27-,28-,29-,30-,31-,32-,37-/m0/s1. The largest absolute Gasteiger partial charge is 0.508 e. The van der Waals surface area contributed by atoms with Crippen molar-refractivity contribution in [3.8, 4) is 5.75 Å². The van der Waals surface area contributed by atoms with Crippen LogP contribution in [-0.4, -0.2) is 182 Å². The summed E-state index contributed by atoms with van der Waals surface area (Å²) in [5, 5.41) is 69.2. The first-order valence-electron chi connectivity index (χ1n) is 24.6. The van der Waals surface area contributed by atoms with Crippen molar-refractivity contribution in [2.45, 2.75) is 146 Å². The number of aliphatic hydroxyl groups is 2. The highest BCUT2D eigenvalue weighted by molar-refractivity contribution is 6.00. The van der Waals surface area contributed by atoms with E-state index in [1.807, 2.05) is 0 Å². The molecule has 32 heteroatoms. The topological polar surface area (TPSA) is 552 Å². The Morgan fingerprint density at radius 3 is 1.33 bits per heavy atom. The number of aliphatic carboxylic acids is 2. The molecule has 0 bridgehead atoms. The first kappa shape index (κ1) is 68.5. The summed E-state index contributed by atoms with van der Waals surface area (Å²) >= 11 is 0. The Morgan fingerprint density at radius 2 is 0.873 bits per heavy atom. The second-order valence-electron chi connectivity index (χ2n) is 18.8. The first-order chi connectivity index (χ1) is 36.8. The van der Waals surface area contributed by atoms with Gasteiger partial charge in [0.05, 0.1) is 38.5 Å². The van der Waals surface area contributed by atoms with Gasteiger partial charge in [0.15, 0.2) is 0 Å². The van der Waals surface area contributed by atoms with Crippen LogP contribution in [-0.2, 0) is 73.5 Å². The van der Waals surface area contributed by atoms with E-state index in [4.69, 9.17) is 22.9 Å². The van der Waals surface area contributed by atoms with Crippen molar-refractivity contribution in [1.82, 2.24) is 47.9 Å². The molecule has 12 amide bonds. The Labute approximate surface area is 452 Å². The number of hydrogen-bond acceptors (Lipinski definition) is 18. The van der Waals surface area contributed by atoms with Crippen molar-refractivity contribution in [1.29, 1.82) is 0 Å². The minimum atomic E-state index is -2.02. The van der Waals surface area contributed by atoms with Gasteiger partial charge in [0, 0.05) is 12.8 Å². The van der Waals surface area contributed by atoms with Crippen LogP contribution >= 0.6 is 0 Å². The number of carbonyl (C=O) groups is 14. The summed E-state index contributed by atoms with van der Waals surface area (Å²) in [5.41, 5.74) is 21.6. The third-order valence-corrected chi connectivity index (χ3v) is 11.6. The molecule has 11 atom stereocenters. The number of hydrogen-bond donors (Lipinski definition) is 18. The van der Waals surface area contributed by atoms with E-state index in [1.54, 1.807) is 20.8 Å². The van der Waals surface area contributed by atoms with Crippen molar-refractivity contribution in [2.24, 2.45) is 34.8 Å². The van der Waals surface area contributed by atoms with Crippen molar-refractivity contribution in [2.75, 3.05) is 13.2 Å². The maximum Gasteiger partial charge on any atom is 0.326 e. The second kappa shape index (κ2) is 33.6. The summed E-state index contributed by atoms with van der Waals surface area (Å²) in [6.07, 6.45) is -4.37. The van der Waals surface area contributed by atoms with E-state index in [9.17, 15) is 92.7 Å². The number of benzene rings is 1. The summed E-state index contributed by atoms with van der Waals surface area (Å²) < 4.78 is 0. The van der Waals surface area contributed by atoms with Gasteiger partial charge in [0.25, 0.3) is 0 Å². The van der Waals surface area contributed by atoms with Gasteiger partial charge in [0.1, 0.15) is 60.1 Å². The molecule has 0 saturated heterocycles. The number of phenolic OH excluding ortho intramolecular Hbond substituents is 1. The van der Waals surface area contributed by atoms with Gasteiger partial charge in [-0.1, -0.05) is 46.2 Å². The van der Waals surface area contributed by atoms with E-state index < -0.39 is 194 Å². The summed E-state index contributed by atoms with van der Waals surface area (Å²) in [5.74, 6) is -18.4. The molecule has 0 aliphatic rings. The van der Waals surface area contributed by atoms with Crippen molar-refractivity contribution in [3.05, 3.63) is 29.8 Å². The fraction of sp³-hybridized carbons (Fsp3) is 0.574. The molecule has 440 valence electrons. The molecule has 32 nitrogen and oxygen atoms in total. The zero-order valence-corrected chi connectivity index (χ0v) is 44.1. The number of carboxylic acids is 2. The SMILES string of the molecule is CC[C@H](C)[C@H](NC(=O)[C@H](CC(=O)O)NC(=O)[C@H](CCC(N)=O)NC(=O)[C@H](CO)NC(=O)[C@H](C)N)C(=O)N[C@@H](CO)C(=O)N[C@@H](CC(N)=O)C(=O)N[C@@H](Cc1ccc(O)cc1)C(=O)N[C@@H](CC(C)C)C(=O)N[C@@H](CC(N)=O)C(=O)O. The van der Waals surface area contributed by atoms with E-state index in [2.05, 4.69) is 47.9 Å². The van der Waals surface area contributed by atoms with Gasteiger partial charge in [-0.15, -0.1) is 0 Å². The first-order valence-corrected chi connectivity index (χ1v) is 24.6. The number of nitrogens with two attached hydrogens (primary N) is 4. The van der Waals surface area contributed by atoms with Crippen LogP contribution in [0.2, 0.25) is 0 Å². The highest BCUT2D eigenvalue weighted by Crippen LogP contribution is 2.14. The van der Waals surface area contributed by atoms with Gasteiger partial charge >= 0.3 is 11.9 Å². The zero-order chi connectivity index (χ0) is 60.4. The van der Waals surface area contributed by atoms with E-state index >= 15 is 0 Å². The molecule has 1 aromatic rings. The van der Waals surface area contributed by atoms with Crippen LogP contribution in [0.25, 0.3) is 0 Å². The molecular weight excluding hydrogens is 1050 g/mol. The molecule has 79 heavy (non-hydrogen) atoms. The number of aromatic hydroxyl groups is 1. The lowest BCUT2D eigenvalue weighted by atomic mass is 9.97. The fourth-order valence-electron chi connectivity index (χ4n) is 7.07. The summed E-state index contributed by atoms with van der Waals surface area (Å²) in [6, 6.07) is -11.9.